The Morgan fingerprint density at radius 3 is 2.25 bits per heavy atom. The topological polar surface area (TPSA) is 59.4 Å². The highest BCUT2D eigenvalue weighted by atomic mass is 16.5. The highest BCUT2D eigenvalue weighted by Crippen LogP contribution is 2.43. The Morgan fingerprint density at radius 1 is 0.969 bits per heavy atom. The quantitative estimate of drug-likeness (QED) is 0.359. The van der Waals surface area contributed by atoms with Gasteiger partial charge in [-0.05, 0) is 69.2 Å². The number of aromatic nitrogens is 1. The van der Waals surface area contributed by atoms with Gasteiger partial charge < -0.3 is 9.84 Å². The zero-order chi connectivity index (χ0) is 23.2. The second kappa shape index (κ2) is 8.03. The van der Waals surface area contributed by atoms with Gasteiger partial charge in [0.1, 0.15) is 0 Å². The number of ether oxygens (including phenoxy) is 1. The van der Waals surface area contributed by atoms with Crippen LogP contribution in [0.4, 0.5) is 0 Å². The predicted octanol–water partition coefficient (Wildman–Crippen LogP) is 6.92. The Labute approximate surface area is 188 Å². The number of aryl methyl sites for hydroxylation is 3. The van der Waals surface area contributed by atoms with Gasteiger partial charge in [0.15, 0.2) is 6.10 Å². The van der Waals surface area contributed by atoms with Crippen LogP contribution in [0.15, 0.2) is 54.7 Å². The van der Waals surface area contributed by atoms with Crippen molar-refractivity contribution < 1.29 is 14.6 Å². The van der Waals surface area contributed by atoms with Crippen LogP contribution in [0.1, 0.15) is 49.1 Å². The fourth-order valence-electron chi connectivity index (χ4n) is 4.48. The minimum atomic E-state index is -1.11. The molecule has 0 saturated heterocycles. The highest BCUT2D eigenvalue weighted by molar-refractivity contribution is 6.11. The van der Waals surface area contributed by atoms with Crippen LogP contribution < -0.4 is 0 Å². The molecule has 0 unspecified atom stereocenters. The van der Waals surface area contributed by atoms with E-state index in [9.17, 15) is 9.90 Å². The summed E-state index contributed by atoms with van der Waals surface area (Å²) in [6.45, 7) is 11.7. The molecule has 164 valence electrons. The van der Waals surface area contributed by atoms with Crippen LogP contribution >= 0.6 is 0 Å². The Bertz CT molecular complexity index is 1330. The van der Waals surface area contributed by atoms with Crippen LogP contribution in [-0.4, -0.2) is 21.7 Å². The molecule has 0 saturated carbocycles. The van der Waals surface area contributed by atoms with Crippen molar-refractivity contribution >= 4 is 27.6 Å². The van der Waals surface area contributed by atoms with Gasteiger partial charge in [0.2, 0.25) is 0 Å². The molecule has 0 aliphatic rings. The number of nitrogens with zero attached hydrogens (tertiary/aromatic N) is 1. The number of fused-ring (bicyclic) bond motifs is 3. The average Bonchev–Trinajstić information content (AvgIpc) is 2.74. The van der Waals surface area contributed by atoms with Gasteiger partial charge in [-0.1, -0.05) is 54.1 Å². The van der Waals surface area contributed by atoms with E-state index in [2.05, 4.69) is 43.3 Å². The lowest BCUT2D eigenvalue weighted by Crippen LogP contribution is -2.28. The minimum absolute atomic E-state index is 0.625. The van der Waals surface area contributed by atoms with Gasteiger partial charge in [0.05, 0.1) is 11.1 Å². The zero-order valence-electron chi connectivity index (χ0n) is 19.5. The SMILES string of the molecule is Cc1ccc(-c2c([C@H](OC(C)(C)C)C(=O)O)c(C)c3ncc4ccccc4c3c2C)cc1. The Morgan fingerprint density at radius 2 is 1.62 bits per heavy atom. The molecular weight excluding hydrogens is 398 g/mol. The maximum atomic E-state index is 12.5. The van der Waals surface area contributed by atoms with E-state index in [1.165, 1.54) is 0 Å². The molecule has 0 aliphatic carbocycles. The molecule has 0 radical (unpaired) electrons. The molecule has 4 nitrogen and oxygen atoms in total. The highest BCUT2D eigenvalue weighted by Gasteiger charge is 2.33. The molecule has 0 spiro atoms. The number of pyridine rings is 1. The number of carboxylic acid groups (broad SMARTS) is 1. The van der Waals surface area contributed by atoms with Crippen LogP contribution in [0.2, 0.25) is 0 Å². The van der Waals surface area contributed by atoms with Gasteiger partial charge in [0.25, 0.3) is 0 Å². The number of rotatable bonds is 4. The molecule has 0 fully saturated rings. The molecule has 4 heteroatoms. The molecule has 0 amide bonds. The van der Waals surface area contributed by atoms with E-state index < -0.39 is 17.7 Å². The van der Waals surface area contributed by atoms with E-state index in [1.54, 1.807) is 0 Å². The monoisotopic (exact) mass is 427 g/mol. The van der Waals surface area contributed by atoms with Crippen molar-refractivity contribution in [3.63, 3.8) is 0 Å². The molecule has 32 heavy (non-hydrogen) atoms. The van der Waals surface area contributed by atoms with E-state index in [0.29, 0.717) is 5.56 Å². The van der Waals surface area contributed by atoms with Crippen molar-refractivity contribution in [1.29, 1.82) is 0 Å². The predicted molar refractivity (Wildman–Crippen MR) is 130 cm³/mol. The van der Waals surface area contributed by atoms with Gasteiger partial charge in [-0.2, -0.15) is 0 Å². The normalized spacial score (nSPS) is 12.9. The molecule has 0 aliphatic heterocycles. The van der Waals surface area contributed by atoms with Crippen LogP contribution in [0.25, 0.3) is 32.8 Å². The number of hydrogen-bond acceptors (Lipinski definition) is 3. The molecule has 3 aromatic carbocycles. The van der Waals surface area contributed by atoms with Gasteiger partial charge in [-0.3, -0.25) is 4.98 Å². The summed E-state index contributed by atoms with van der Waals surface area (Å²) in [5, 5.41) is 13.4. The zero-order valence-corrected chi connectivity index (χ0v) is 19.5. The first-order valence-corrected chi connectivity index (χ1v) is 10.9. The molecule has 1 atom stereocenters. The summed E-state index contributed by atoms with van der Waals surface area (Å²) in [6, 6.07) is 16.4. The lowest BCUT2D eigenvalue weighted by atomic mass is 9.84. The first-order valence-electron chi connectivity index (χ1n) is 10.9. The largest absolute Gasteiger partial charge is 0.479 e. The fourth-order valence-corrected chi connectivity index (χ4v) is 4.48. The number of carbonyl (C=O) groups is 1. The van der Waals surface area contributed by atoms with Crippen molar-refractivity contribution in [3.05, 3.63) is 77.0 Å². The van der Waals surface area contributed by atoms with Gasteiger partial charge >= 0.3 is 5.97 Å². The smallest absolute Gasteiger partial charge is 0.337 e. The van der Waals surface area contributed by atoms with E-state index in [-0.39, 0.29) is 0 Å². The number of hydrogen-bond donors (Lipinski definition) is 1. The lowest BCUT2D eigenvalue weighted by molar-refractivity contribution is -0.160. The van der Waals surface area contributed by atoms with Crippen LogP contribution in [0.5, 0.6) is 0 Å². The second-order valence-corrected chi connectivity index (χ2v) is 9.42. The summed E-state index contributed by atoms with van der Waals surface area (Å²) in [4.78, 5) is 17.3. The van der Waals surface area contributed by atoms with Crippen LogP contribution in [-0.2, 0) is 9.53 Å². The van der Waals surface area contributed by atoms with E-state index in [1.807, 2.05) is 52.9 Å². The third-order valence-electron chi connectivity index (χ3n) is 5.88. The van der Waals surface area contributed by atoms with Crippen molar-refractivity contribution in [2.24, 2.45) is 0 Å². The molecule has 4 rings (SSSR count). The summed E-state index contributed by atoms with van der Waals surface area (Å²) in [5.74, 6) is -1.00. The molecule has 4 aromatic rings. The van der Waals surface area contributed by atoms with Crippen molar-refractivity contribution in [1.82, 2.24) is 4.98 Å². The van der Waals surface area contributed by atoms with Gasteiger partial charge in [-0.15, -0.1) is 0 Å². The van der Waals surface area contributed by atoms with Crippen LogP contribution in [0, 0.1) is 20.8 Å². The second-order valence-electron chi connectivity index (χ2n) is 9.42. The van der Waals surface area contributed by atoms with E-state index >= 15 is 0 Å². The third-order valence-corrected chi connectivity index (χ3v) is 5.88. The summed E-state index contributed by atoms with van der Waals surface area (Å²) >= 11 is 0. The summed E-state index contributed by atoms with van der Waals surface area (Å²) < 4.78 is 6.12. The van der Waals surface area contributed by atoms with Crippen molar-refractivity contribution in [3.8, 4) is 11.1 Å². The molecule has 1 heterocycles. The van der Waals surface area contributed by atoms with E-state index in [0.717, 1.165) is 49.5 Å². The average molecular weight is 428 g/mol. The fraction of sp³-hybridized carbons (Fsp3) is 0.286. The van der Waals surface area contributed by atoms with Crippen molar-refractivity contribution in [2.75, 3.05) is 0 Å². The molecule has 1 aromatic heterocycles. The lowest BCUT2D eigenvalue weighted by Gasteiger charge is -2.29. The molecule has 0 bridgehead atoms. The van der Waals surface area contributed by atoms with Crippen molar-refractivity contribution in [2.45, 2.75) is 53.2 Å². The third kappa shape index (κ3) is 3.87. The molecule has 1 N–H and O–H groups in total. The summed E-state index contributed by atoms with van der Waals surface area (Å²) in [6.07, 6.45) is 0.752. The summed E-state index contributed by atoms with van der Waals surface area (Å²) in [5.41, 5.74) is 5.74. The molecular formula is C28H29NO3. The number of benzene rings is 3. The first-order chi connectivity index (χ1) is 15.1. The number of aliphatic carboxylic acids is 1. The summed E-state index contributed by atoms with van der Waals surface area (Å²) in [7, 11) is 0. The number of carboxylic acids is 1. The Kier molecular flexibility index (Phi) is 5.51. The van der Waals surface area contributed by atoms with Gasteiger partial charge in [0, 0.05) is 22.5 Å². The maximum Gasteiger partial charge on any atom is 0.337 e. The maximum absolute atomic E-state index is 12.5. The van der Waals surface area contributed by atoms with E-state index in [4.69, 9.17) is 9.72 Å². The Hall–Kier alpha value is -3.24. The first kappa shape index (κ1) is 22.0. The Balaban J connectivity index is 2.18. The van der Waals surface area contributed by atoms with Crippen LogP contribution in [0.3, 0.4) is 0 Å². The van der Waals surface area contributed by atoms with Gasteiger partial charge in [-0.25, -0.2) is 4.79 Å². The standard InChI is InChI=1S/C28H29NO3/c1-16-11-13-19(14-12-16)22-17(2)23-21-10-8-7-9-20(21)15-29-25(23)18(3)24(22)26(27(30)31)32-28(4,5)6/h7-15,26H,1-6H3,(H,30,31)/t26-/m0/s1. The minimum Gasteiger partial charge on any atom is -0.479 e.